The third-order valence-corrected chi connectivity index (χ3v) is 2.13. The Hall–Kier alpha value is -1.28. The summed E-state index contributed by atoms with van der Waals surface area (Å²) in [7, 11) is 0. The fourth-order valence-electron chi connectivity index (χ4n) is 1.47. The monoisotopic (exact) mass is 174 g/mol. The van der Waals surface area contributed by atoms with Gasteiger partial charge in [-0.1, -0.05) is 30.3 Å². The molecule has 1 aliphatic rings. The molecule has 1 aromatic carbocycles. The van der Waals surface area contributed by atoms with Crippen LogP contribution in [0, 0.1) is 0 Å². The average molecular weight is 174 g/mol. The fraction of sp³-hybridized carbons (Fsp3) is 0.273. The summed E-state index contributed by atoms with van der Waals surface area (Å²) in [5.41, 5.74) is 6.01. The Morgan fingerprint density at radius 3 is 2.69 bits per heavy atom. The van der Waals surface area contributed by atoms with Crippen LogP contribution in [0.25, 0.3) is 0 Å². The molecule has 2 heteroatoms. The van der Waals surface area contributed by atoms with E-state index in [9.17, 15) is 0 Å². The predicted octanol–water partition coefficient (Wildman–Crippen LogP) is 1.91. The number of hydrogen-bond acceptors (Lipinski definition) is 2. The van der Waals surface area contributed by atoms with Gasteiger partial charge >= 0.3 is 0 Å². The lowest BCUT2D eigenvalue weighted by molar-refractivity contribution is 0.298. The summed E-state index contributed by atoms with van der Waals surface area (Å²) in [6.07, 6.45) is 2.16. The maximum absolute atomic E-state index is 3.30. The van der Waals surface area contributed by atoms with Crippen molar-refractivity contribution < 1.29 is 0 Å². The number of hydrogen-bond donors (Lipinski definition) is 1. The molecule has 0 amide bonds. The van der Waals surface area contributed by atoms with Crippen LogP contribution in [0.15, 0.2) is 42.1 Å². The molecule has 0 radical (unpaired) electrons. The maximum Gasteiger partial charge on any atom is 0.0588 e. The lowest BCUT2D eigenvalue weighted by Crippen LogP contribution is -2.28. The van der Waals surface area contributed by atoms with Gasteiger partial charge in [0.1, 0.15) is 0 Å². The normalized spacial score (nSPS) is 16.1. The molecule has 0 spiro atoms. The van der Waals surface area contributed by atoms with E-state index in [0.29, 0.717) is 0 Å². The SMILES string of the molecule is CC1=CN(Cc2ccccc2)NC1. The quantitative estimate of drug-likeness (QED) is 0.736. The van der Waals surface area contributed by atoms with Crippen molar-refractivity contribution in [3.05, 3.63) is 47.7 Å². The Morgan fingerprint density at radius 1 is 1.31 bits per heavy atom. The predicted molar refractivity (Wildman–Crippen MR) is 53.7 cm³/mol. The van der Waals surface area contributed by atoms with Crippen LogP contribution in [0.5, 0.6) is 0 Å². The summed E-state index contributed by atoms with van der Waals surface area (Å²) >= 11 is 0. The van der Waals surface area contributed by atoms with Gasteiger partial charge in [-0.15, -0.1) is 0 Å². The summed E-state index contributed by atoms with van der Waals surface area (Å²) in [5.74, 6) is 0. The van der Waals surface area contributed by atoms with Crippen molar-refractivity contribution in [3.8, 4) is 0 Å². The minimum Gasteiger partial charge on any atom is -0.311 e. The first kappa shape index (κ1) is 8.32. The zero-order chi connectivity index (χ0) is 9.10. The molecule has 2 nitrogen and oxygen atoms in total. The van der Waals surface area contributed by atoms with Crippen molar-refractivity contribution in [2.45, 2.75) is 13.5 Å². The highest BCUT2D eigenvalue weighted by Crippen LogP contribution is 2.08. The average Bonchev–Trinajstić information content (AvgIpc) is 2.53. The minimum absolute atomic E-state index is 0.943. The van der Waals surface area contributed by atoms with Gasteiger partial charge in [0.05, 0.1) is 6.54 Å². The van der Waals surface area contributed by atoms with Crippen LogP contribution in [-0.4, -0.2) is 11.6 Å². The number of hydrazine groups is 1. The van der Waals surface area contributed by atoms with Gasteiger partial charge in [-0.2, -0.15) is 0 Å². The molecule has 68 valence electrons. The number of nitrogens with one attached hydrogen (secondary N) is 1. The topological polar surface area (TPSA) is 15.3 Å². The first-order valence-corrected chi connectivity index (χ1v) is 4.56. The summed E-state index contributed by atoms with van der Waals surface area (Å²) in [4.78, 5) is 0. The molecule has 2 rings (SSSR count). The molecule has 1 heterocycles. The summed E-state index contributed by atoms with van der Waals surface area (Å²) < 4.78 is 0. The lowest BCUT2D eigenvalue weighted by atomic mass is 10.2. The van der Waals surface area contributed by atoms with Gasteiger partial charge in [0.15, 0.2) is 0 Å². The summed E-state index contributed by atoms with van der Waals surface area (Å²) in [6.45, 7) is 4.06. The van der Waals surface area contributed by atoms with Crippen molar-refractivity contribution >= 4 is 0 Å². The molecule has 0 atom stereocenters. The van der Waals surface area contributed by atoms with Crippen molar-refractivity contribution in [1.82, 2.24) is 10.4 Å². The molecular formula is C11H14N2. The van der Waals surface area contributed by atoms with Gasteiger partial charge in [-0.25, -0.2) is 5.43 Å². The van der Waals surface area contributed by atoms with Crippen LogP contribution in [0.1, 0.15) is 12.5 Å². The van der Waals surface area contributed by atoms with E-state index in [1.807, 2.05) is 6.07 Å². The smallest absolute Gasteiger partial charge is 0.0588 e. The minimum atomic E-state index is 0.943. The Bertz CT molecular complexity index is 303. The van der Waals surface area contributed by atoms with Crippen LogP contribution in [0.3, 0.4) is 0 Å². The van der Waals surface area contributed by atoms with Crippen molar-refractivity contribution in [2.75, 3.05) is 6.54 Å². The summed E-state index contributed by atoms with van der Waals surface area (Å²) in [5, 5.41) is 2.13. The standard InChI is InChI=1S/C11H14N2/c1-10-7-12-13(8-10)9-11-5-3-2-4-6-11/h2-6,8,12H,7,9H2,1H3. The lowest BCUT2D eigenvalue weighted by Gasteiger charge is -2.15. The van der Waals surface area contributed by atoms with Crippen LogP contribution in [-0.2, 0) is 6.54 Å². The maximum atomic E-state index is 3.30. The highest BCUT2D eigenvalue weighted by atomic mass is 15.5. The molecular weight excluding hydrogens is 160 g/mol. The number of rotatable bonds is 2. The Morgan fingerprint density at radius 2 is 2.08 bits per heavy atom. The van der Waals surface area contributed by atoms with E-state index >= 15 is 0 Å². The molecule has 1 aliphatic heterocycles. The van der Waals surface area contributed by atoms with Crippen molar-refractivity contribution in [2.24, 2.45) is 0 Å². The van der Waals surface area contributed by atoms with Gasteiger partial charge in [0.25, 0.3) is 0 Å². The molecule has 0 aliphatic carbocycles. The van der Waals surface area contributed by atoms with Crippen LogP contribution >= 0.6 is 0 Å². The van der Waals surface area contributed by atoms with E-state index in [4.69, 9.17) is 0 Å². The molecule has 0 aromatic heterocycles. The van der Waals surface area contributed by atoms with E-state index in [1.54, 1.807) is 0 Å². The molecule has 0 unspecified atom stereocenters. The van der Waals surface area contributed by atoms with E-state index in [1.165, 1.54) is 11.1 Å². The number of benzene rings is 1. The van der Waals surface area contributed by atoms with E-state index < -0.39 is 0 Å². The zero-order valence-corrected chi connectivity index (χ0v) is 7.83. The second-order valence-electron chi connectivity index (χ2n) is 3.42. The highest BCUT2D eigenvalue weighted by Gasteiger charge is 2.07. The second kappa shape index (κ2) is 3.62. The van der Waals surface area contributed by atoms with Gasteiger partial charge in [0.2, 0.25) is 0 Å². The van der Waals surface area contributed by atoms with E-state index in [2.05, 4.69) is 47.8 Å². The zero-order valence-electron chi connectivity index (χ0n) is 7.83. The first-order chi connectivity index (χ1) is 6.34. The first-order valence-electron chi connectivity index (χ1n) is 4.56. The molecule has 0 saturated carbocycles. The Labute approximate surface area is 78.8 Å². The third kappa shape index (κ3) is 2.10. The Balaban J connectivity index is 2.00. The van der Waals surface area contributed by atoms with E-state index in [-0.39, 0.29) is 0 Å². The third-order valence-electron chi connectivity index (χ3n) is 2.13. The van der Waals surface area contributed by atoms with Crippen LogP contribution < -0.4 is 5.43 Å². The molecule has 1 N–H and O–H groups in total. The molecule has 1 aromatic rings. The number of nitrogens with zero attached hydrogens (tertiary/aromatic N) is 1. The van der Waals surface area contributed by atoms with Crippen LogP contribution in [0.4, 0.5) is 0 Å². The second-order valence-corrected chi connectivity index (χ2v) is 3.42. The Kier molecular flexibility index (Phi) is 2.32. The van der Waals surface area contributed by atoms with Crippen molar-refractivity contribution in [1.29, 1.82) is 0 Å². The molecule has 0 bridgehead atoms. The van der Waals surface area contributed by atoms with E-state index in [0.717, 1.165) is 13.1 Å². The van der Waals surface area contributed by atoms with Gasteiger partial charge in [-0.05, 0) is 18.1 Å². The fourth-order valence-corrected chi connectivity index (χ4v) is 1.47. The van der Waals surface area contributed by atoms with Crippen molar-refractivity contribution in [3.63, 3.8) is 0 Å². The molecule has 0 fully saturated rings. The summed E-state index contributed by atoms with van der Waals surface area (Å²) in [6, 6.07) is 10.5. The largest absolute Gasteiger partial charge is 0.311 e. The van der Waals surface area contributed by atoms with Crippen LogP contribution in [0.2, 0.25) is 0 Å². The highest BCUT2D eigenvalue weighted by molar-refractivity contribution is 5.16. The molecule has 13 heavy (non-hydrogen) atoms. The van der Waals surface area contributed by atoms with Gasteiger partial charge in [0, 0.05) is 12.7 Å². The van der Waals surface area contributed by atoms with Gasteiger partial charge in [-0.3, -0.25) is 0 Å². The van der Waals surface area contributed by atoms with Gasteiger partial charge < -0.3 is 5.01 Å². The molecule has 0 saturated heterocycles.